The van der Waals surface area contributed by atoms with Gasteiger partial charge in [0, 0.05) is 30.7 Å². The number of fused-ring (bicyclic) bond motifs is 2. The van der Waals surface area contributed by atoms with Crippen LogP contribution >= 0.6 is 0 Å². The van der Waals surface area contributed by atoms with Gasteiger partial charge in [-0.15, -0.1) is 0 Å². The summed E-state index contributed by atoms with van der Waals surface area (Å²) in [4.78, 5) is 8.47. The second-order valence-electron chi connectivity index (χ2n) is 5.27. The first-order valence-electron chi connectivity index (χ1n) is 7.36. The Morgan fingerprint density at radius 2 is 2.09 bits per heavy atom. The quantitative estimate of drug-likeness (QED) is 0.564. The Morgan fingerprint density at radius 3 is 3.00 bits per heavy atom. The minimum Gasteiger partial charge on any atom is -0.337 e. The van der Waals surface area contributed by atoms with Gasteiger partial charge in [0.25, 0.3) is 0 Å². The third-order valence-corrected chi connectivity index (χ3v) is 3.77. The Bertz CT molecular complexity index is 1020. The zero-order valence-corrected chi connectivity index (χ0v) is 12.6. The molecule has 0 saturated heterocycles. The summed E-state index contributed by atoms with van der Waals surface area (Å²) in [5.41, 5.74) is 3.84. The van der Waals surface area contributed by atoms with Crippen molar-refractivity contribution in [2.45, 2.75) is 0 Å². The average Bonchev–Trinajstić information content (AvgIpc) is 2.98. The number of pyridine rings is 1. The van der Waals surface area contributed by atoms with E-state index >= 15 is 0 Å². The number of benzene rings is 2. The minimum atomic E-state index is 0.728. The SMILES string of the molecule is C/N=C/c1cccc2cc(Nc3n[nH]c4cccnc34)ccc12. The van der Waals surface area contributed by atoms with Gasteiger partial charge in [0.05, 0.1) is 5.52 Å². The van der Waals surface area contributed by atoms with E-state index in [2.05, 4.69) is 49.8 Å². The molecule has 2 aromatic carbocycles. The summed E-state index contributed by atoms with van der Waals surface area (Å²) in [7, 11) is 1.78. The maximum absolute atomic E-state index is 4.36. The average molecular weight is 301 g/mol. The number of aliphatic imine (C=N–C) groups is 1. The summed E-state index contributed by atoms with van der Waals surface area (Å²) in [6.45, 7) is 0. The molecule has 0 aliphatic heterocycles. The highest BCUT2D eigenvalue weighted by Gasteiger charge is 2.07. The molecule has 4 aromatic rings. The molecule has 0 bridgehead atoms. The fourth-order valence-electron chi connectivity index (χ4n) is 2.72. The van der Waals surface area contributed by atoms with Gasteiger partial charge in [-0.3, -0.25) is 15.1 Å². The number of anilines is 2. The third-order valence-electron chi connectivity index (χ3n) is 3.77. The topological polar surface area (TPSA) is 66.0 Å². The van der Waals surface area contributed by atoms with Crippen molar-refractivity contribution in [2.75, 3.05) is 12.4 Å². The number of H-pyrrole nitrogens is 1. The second kappa shape index (κ2) is 5.53. The number of nitrogens with one attached hydrogen (secondary N) is 2. The molecule has 0 amide bonds. The van der Waals surface area contributed by atoms with Gasteiger partial charge < -0.3 is 5.32 Å². The third kappa shape index (κ3) is 2.42. The molecular weight excluding hydrogens is 286 g/mol. The number of aromatic nitrogens is 3. The molecule has 2 N–H and O–H groups in total. The predicted octanol–water partition coefficient (Wildman–Crippen LogP) is 3.90. The molecule has 0 unspecified atom stereocenters. The molecule has 0 fully saturated rings. The van der Waals surface area contributed by atoms with E-state index in [1.807, 2.05) is 30.5 Å². The largest absolute Gasteiger partial charge is 0.337 e. The Labute approximate surface area is 133 Å². The fraction of sp³-hybridized carbons (Fsp3) is 0.0556. The van der Waals surface area contributed by atoms with E-state index < -0.39 is 0 Å². The summed E-state index contributed by atoms with van der Waals surface area (Å²) in [6, 6.07) is 16.3. The van der Waals surface area contributed by atoms with E-state index in [9.17, 15) is 0 Å². The number of hydrogen-bond donors (Lipinski definition) is 2. The first-order chi connectivity index (χ1) is 11.3. The van der Waals surface area contributed by atoms with Crippen molar-refractivity contribution >= 4 is 39.5 Å². The van der Waals surface area contributed by atoms with Crippen LogP contribution in [0.2, 0.25) is 0 Å². The maximum atomic E-state index is 4.36. The predicted molar refractivity (Wildman–Crippen MR) is 94.6 cm³/mol. The molecule has 0 aliphatic carbocycles. The van der Waals surface area contributed by atoms with Crippen molar-refractivity contribution in [1.82, 2.24) is 15.2 Å². The van der Waals surface area contributed by atoms with Crippen LogP contribution in [0.1, 0.15) is 5.56 Å². The summed E-state index contributed by atoms with van der Waals surface area (Å²) in [5.74, 6) is 0.728. The highest BCUT2D eigenvalue weighted by molar-refractivity contribution is 6.01. The lowest BCUT2D eigenvalue weighted by Crippen LogP contribution is -1.93. The highest BCUT2D eigenvalue weighted by atomic mass is 15.2. The standard InChI is InChI=1S/C18H15N5/c1-19-11-13-5-2-4-12-10-14(7-8-15(12)13)21-18-17-16(22-23-18)6-3-9-20-17/h2-11H,1H3,(H2,21,22,23)/b19-11+. The fourth-order valence-corrected chi connectivity index (χ4v) is 2.72. The first kappa shape index (κ1) is 13.5. The first-order valence-corrected chi connectivity index (χ1v) is 7.36. The highest BCUT2D eigenvalue weighted by Crippen LogP contribution is 2.26. The van der Waals surface area contributed by atoms with Gasteiger partial charge in [-0.05, 0) is 35.0 Å². The van der Waals surface area contributed by atoms with Crippen LogP contribution in [-0.2, 0) is 0 Å². The summed E-state index contributed by atoms with van der Waals surface area (Å²) in [5, 5.41) is 12.9. The van der Waals surface area contributed by atoms with Crippen molar-refractivity contribution in [3.8, 4) is 0 Å². The van der Waals surface area contributed by atoms with Crippen LogP contribution in [0.3, 0.4) is 0 Å². The molecule has 23 heavy (non-hydrogen) atoms. The maximum Gasteiger partial charge on any atom is 0.178 e. The van der Waals surface area contributed by atoms with E-state index in [0.29, 0.717) is 0 Å². The molecule has 5 heteroatoms. The van der Waals surface area contributed by atoms with E-state index in [1.165, 1.54) is 5.39 Å². The van der Waals surface area contributed by atoms with Gasteiger partial charge >= 0.3 is 0 Å². The van der Waals surface area contributed by atoms with E-state index in [4.69, 9.17) is 0 Å². The van der Waals surface area contributed by atoms with Gasteiger partial charge in [0.15, 0.2) is 5.82 Å². The lowest BCUT2D eigenvalue weighted by molar-refractivity contribution is 1.12. The molecule has 2 aromatic heterocycles. The summed E-state index contributed by atoms with van der Waals surface area (Å²) < 4.78 is 0. The number of nitrogens with zero attached hydrogens (tertiary/aromatic N) is 3. The monoisotopic (exact) mass is 301 g/mol. The molecule has 0 aliphatic rings. The van der Waals surface area contributed by atoms with Crippen molar-refractivity contribution in [2.24, 2.45) is 4.99 Å². The molecule has 4 rings (SSSR count). The lowest BCUT2D eigenvalue weighted by Gasteiger charge is -2.07. The van der Waals surface area contributed by atoms with Crippen LogP contribution in [-0.4, -0.2) is 28.4 Å². The normalized spacial score (nSPS) is 11.5. The zero-order chi connectivity index (χ0) is 15.6. The molecule has 112 valence electrons. The van der Waals surface area contributed by atoms with Crippen LogP contribution in [0.4, 0.5) is 11.5 Å². The van der Waals surface area contributed by atoms with Gasteiger partial charge in [-0.2, -0.15) is 5.10 Å². The smallest absolute Gasteiger partial charge is 0.178 e. The van der Waals surface area contributed by atoms with Crippen LogP contribution in [0, 0.1) is 0 Å². The Kier molecular flexibility index (Phi) is 3.24. The molecule has 0 radical (unpaired) electrons. The van der Waals surface area contributed by atoms with E-state index in [-0.39, 0.29) is 0 Å². The molecule has 2 heterocycles. The number of aromatic amines is 1. The van der Waals surface area contributed by atoms with Gasteiger partial charge in [-0.25, -0.2) is 0 Å². The second-order valence-corrected chi connectivity index (χ2v) is 5.27. The van der Waals surface area contributed by atoms with Gasteiger partial charge in [-0.1, -0.05) is 24.3 Å². The number of rotatable bonds is 3. The number of hydrogen-bond acceptors (Lipinski definition) is 4. The van der Waals surface area contributed by atoms with Crippen LogP contribution in [0.25, 0.3) is 21.8 Å². The Balaban J connectivity index is 1.75. The van der Waals surface area contributed by atoms with Crippen LogP contribution in [0.5, 0.6) is 0 Å². The Morgan fingerprint density at radius 1 is 1.13 bits per heavy atom. The van der Waals surface area contributed by atoms with Crippen LogP contribution in [0.15, 0.2) is 59.7 Å². The van der Waals surface area contributed by atoms with Crippen molar-refractivity contribution in [3.05, 3.63) is 60.3 Å². The van der Waals surface area contributed by atoms with Gasteiger partial charge in [0.2, 0.25) is 0 Å². The molecule has 5 nitrogen and oxygen atoms in total. The Hall–Kier alpha value is -3.21. The molecular formula is C18H15N5. The minimum absolute atomic E-state index is 0.728. The molecule has 0 saturated carbocycles. The van der Waals surface area contributed by atoms with E-state index in [0.717, 1.165) is 33.5 Å². The molecule has 0 spiro atoms. The van der Waals surface area contributed by atoms with Gasteiger partial charge in [0.1, 0.15) is 5.52 Å². The van der Waals surface area contributed by atoms with Crippen molar-refractivity contribution in [3.63, 3.8) is 0 Å². The van der Waals surface area contributed by atoms with Crippen LogP contribution < -0.4 is 5.32 Å². The van der Waals surface area contributed by atoms with Crippen molar-refractivity contribution < 1.29 is 0 Å². The lowest BCUT2D eigenvalue weighted by atomic mass is 10.0. The molecule has 0 atom stereocenters. The van der Waals surface area contributed by atoms with E-state index in [1.54, 1.807) is 13.2 Å². The summed E-state index contributed by atoms with van der Waals surface area (Å²) >= 11 is 0. The summed E-state index contributed by atoms with van der Waals surface area (Å²) in [6.07, 6.45) is 3.64. The zero-order valence-electron chi connectivity index (χ0n) is 12.6. The van der Waals surface area contributed by atoms with Crippen molar-refractivity contribution in [1.29, 1.82) is 0 Å².